The van der Waals surface area contributed by atoms with E-state index in [1.807, 2.05) is 11.8 Å². The number of aromatic nitrogens is 1. The molecule has 0 spiro atoms. The van der Waals surface area contributed by atoms with Gasteiger partial charge in [-0.1, -0.05) is 5.16 Å². The predicted octanol–water partition coefficient (Wildman–Crippen LogP) is 1.81. The van der Waals surface area contributed by atoms with Crippen molar-refractivity contribution >= 4 is 11.8 Å². The number of ether oxygens (including phenoxy) is 1. The molecule has 0 N–H and O–H groups in total. The third-order valence-electron chi connectivity index (χ3n) is 1.92. The van der Waals surface area contributed by atoms with Crippen LogP contribution in [-0.2, 0) is 0 Å². The van der Waals surface area contributed by atoms with E-state index < -0.39 is 0 Å². The van der Waals surface area contributed by atoms with Gasteiger partial charge in [0.1, 0.15) is 6.20 Å². The summed E-state index contributed by atoms with van der Waals surface area (Å²) in [6, 6.07) is 0. The van der Waals surface area contributed by atoms with E-state index in [-0.39, 0.29) is 0 Å². The summed E-state index contributed by atoms with van der Waals surface area (Å²) in [5, 5.41) is 3.56. The van der Waals surface area contributed by atoms with Crippen LogP contribution >= 0.6 is 11.8 Å². The van der Waals surface area contributed by atoms with Crippen molar-refractivity contribution in [3.05, 3.63) is 12.5 Å². The number of rotatable bonds is 3. The maximum atomic E-state index is 5.46. The van der Waals surface area contributed by atoms with E-state index in [4.69, 9.17) is 4.74 Å². The Morgan fingerprint density at radius 3 is 3.42 bits per heavy atom. The molecule has 12 heavy (non-hydrogen) atoms. The highest BCUT2D eigenvalue weighted by molar-refractivity contribution is 7.99. The van der Waals surface area contributed by atoms with Gasteiger partial charge in [-0.3, -0.25) is 0 Å². The van der Waals surface area contributed by atoms with Crippen LogP contribution in [-0.4, -0.2) is 23.3 Å². The molecule has 1 aromatic rings. The zero-order valence-electron chi connectivity index (χ0n) is 6.73. The third kappa shape index (κ3) is 1.94. The van der Waals surface area contributed by atoms with Crippen LogP contribution < -0.4 is 4.74 Å². The summed E-state index contributed by atoms with van der Waals surface area (Å²) in [6.07, 6.45) is 4.40. The SMILES string of the molecule is c1nocc1OCC1CCSC1. The summed E-state index contributed by atoms with van der Waals surface area (Å²) >= 11 is 2.00. The van der Waals surface area contributed by atoms with Crippen molar-refractivity contribution in [1.29, 1.82) is 0 Å². The highest BCUT2D eigenvalue weighted by Gasteiger charge is 2.16. The van der Waals surface area contributed by atoms with E-state index in [0.29, 0.717) is 5.92 Å². The summed E-state index contributed by atoms with van der Waals surface area (Å²) in [7, 11) is 0. The van der Waals surface area contributed by atoms with Gasteiger partial charge < -0.3 is 9.26 Å². The van der Waals surface area contributed by atoms with Gasteiger partial charge >= 0.3 is 0 Å². The van der Waals surface area contributed by atoms with E-state index in [9.17, 15) is 0 Å². The van der Waals surface area contributed by atoms with Crippen LogP contribution in [0.5, 0.6) is 5.75 Å². The topological polar surface area (TPSA) is 35.3 Å². The van der Waals surface area contributed by atoms with E-state index in [1.54, 1.807) is 6.20 Å². The van der Waals surface area contributed by atoms with Crippen LogP contribution in [0.25, 0.3) is 0 Å². The summed E-state index contributed by atoms with van der Waals surface area (Å²) in [5.74, 6) is 3.96. The molecule has 0 bridgehead atoms. The highest BCUT2D eigenvalue weighted by Crippen LogP contribution is 2.24. The average molecular weight is 185 g/mol. The second kappa shape index (κ2) is 3.85. The molecular formula is C8H11NO2S. The van der Waals surface area contributed by atoms with Gasteiger partial charge in [-0.2, -0.15) is 11.8 Å². The summed E-state index contributed by atoms with van der Waals surface area (Å²) in [6.45, 7) is 0.800. The molecule has 0 saturated carbocycles. The fraction of sp³-hybridized carbons (Fsp3) is 0.625. The van der Waals surface area contributed by atoms with Crippen LogP contribution in [0.2, 0.25) is 0 Å². The standard InChI is InChI=1S/C8H11NO2S/c1-2-12-6-7(1)4-10-8-3-9-11-5-8/h3,5,7H,1-2,4,6H2. The Morgan fingerprint density at radius 1 is 1.75 bits per heavy atom. The molecule has 2 rings (SSSR count). The van der Waals surface area contributed by atoms with Gasteiger partial charge in [0.25, 0.3) is 0 Å². The maximum absolute atomic E-state index is 5.46. The summed E-state index contributed by atoms with van der Waals surface area (Å²) in [5.41, 5.74) is 0. The number of nitrogens with zero attached hydrogens (tertiary/aromatic N) is 1. The Kier molecular flexibility index (Phi) is 2.56. The number of thioether (sulfide) groups is 1. The molecule has 0 aromatic carbocycles. The molecule has 0 amide bonds. The van der Waals surface area contributed by atoms with Gasteiger partial charge in [0.05, 0.1) is 6.61 Å². The Balaban J connectivity index is 1.74. The van der Waals surface area contributed by atoms with Gasteiger partial charge in [-0.05, 0) is 17.9 Å². The van der Waals surface area contributed by atoms with E-state index >= 15 is 0 Å². The third-order valence-corrected chi connectivity index (χ3v) is 3.15. The predicted molar refractivity (Wildman–Crippen MR) is 47.4 cm³/mol. The van der Waals surface area contributed by atoms with E-state index in [2.05, 4.69) is 9.68 Å². The quantitative estimate of drug-likeness (QED) is 0.719. The molecule has 1 aliphatic heterocycles. The molecule has 1 saturated heterocycles. The smallest absolute Gasteiger partial charge is 0.178 e. The number of hydrogen-bond acceptors (Lipinski definition) is 4. The van der Waals surface area contributed by atoms with Gasteiger partial charge in [0.15, 0.2) is 12.0 Å². The molecule has 1 aliphatic rings. The Morgan fingerprint density at radius 2 is 2.75 bits per heavy atom. The normalized spacial score (nSPS) is 22.8. The molecule has 1 fully saturated rings. The average Bonchev–Trinajstić information content (AvgIpc) is 2.74. The molecular weight excluding hydrogens is 174 g/mol. The van der Waals surface area contributed by atoms with Gasteiger partial charge in [-0.25, -0.2) is 0 Å². The van der Waals surface area contributed by atoms with E-state index in [0.717, 1.165) is 12.4 Å². The second-order valence-corrected chi connectivity index (χ2v) is 4.05. The van der Waals surface area contributed by atoms with Crippen molar-refractivity contribution in [2.24, 2.45) is 5.92 Å². The van der Waals surface area contributed by atoms with E-state index in [1.165, 1.54) is 24.2 Å². The van der Waals surface area contributed by atoms with Crippen molar-refractivity contribution in [2.75, 3.05) is 18.1 Å². The molecule has 4 heteroatoms. The molecule has 66 valence electrons. The van der Waals surface area contributed by atoms with Crippen molar-refractivity contribution in [3.63, 3.8) is 0 Å². The summed E-state index contributed by atoms with van der Waals surface area (Å²) in [4.78, 5) is 0. The lowest BCUT2D eigenvalue weighted by Gasteiger charge is -2.07. The first-order chi connectivity index (χ1) is 5.95. The Bertz CT molecular complexity index is 219. The van der Waals surface area contributed by atoms with Crippen LogP contribution in [0.4, 0.5) is 0 Å². The first kappa shape index (κ1) is 7.98. The molecule has 2 heterocycles. The molecule has 1 unspecified atom stereocenters. The lowest BCUT2D eigenvalue weighted by atomic mass is 10.1. The highest BCUT2D eigenvalue weighted by atomic mass is 32.2. The summed E-state index contributed by atoms with van der Waals surface area (Å²) < 4.78 is 10.1. The zero-order valence-corrected chi connectivity index (χ0v) is 7.55. The monoisotopic (exact) mass is 185 g/mol. The largest absolute Gasteiger partial charge is 0.488 e. The lowest BCUT2D eigenvalue weighted by Crippen LogP contribution is -2.10. The van der Waals surface area contributed by atoms with Crippen LogP contribution in [0.3, 0.4) is 0 Å². The Labute approximate surface area is 75.5 Å². The van der Waals surface area contributed by atoms with Crippen LogP contribution in [0.15, 0.2) is 17.0 Å². The van der Waals surface area contributed by atoms with Crippen molar-refractivity contribution in [3.8, 4) is 5.75 Å². The molecule has 1 atom stereocenters. The molecule has 0 aliphatic carbocycles. The maximum Gasteiger partial charge on any atom is 0.178 e. The van der Waals surface area contributed by atoms with Crippen LogP contribution in [0.1, 0.15) is 6.42 Å². The molecule has 3 nitrogen and oxygen atoms in total. The van der Waals surface area contributed by atoms with Crippen molar-refractivity contribution < 1.29 is 9.26 Å². The minimum absolute atomic E-state index is 0.713. The van der Waals surface area contributed by atoms with Gasteiger partial charge in [-0.15, -0.1) is 0 Å². The second-order valence-electron chi connectivity index (χ2n) is 2.90. The van der Waals surface area contributed by atoms with Crippen molar-refractivity contribution in [2.45, 2.75) is 6.42 Å². The van der Waals surface area contributed by atoms with Gasteiger partial charge in [0.2, 0.25) is 0 Å². The van der Waals surface area contributed by atoms with Crippen molar-refractivity contribution in [1.82, 2.24) is 5.16 Å². The fourth-order valence-electron chi connectivity index (χ4n) is 1.20. The molecule has 0 radical (unpaired) electrons. The fourth-order valence-corrected chi connectivity index (χ4v) is 2.46. The van der Waals surface area contributed by atoms with Crippen LogP contribution in [0, 0.1) is 5.92 Å². The zero-order chi connectivity index (χ0) is 8.23. The lowest BCUT2D eigenvalue weighted by molar-refractivity contribution is 0.261. The number of hydrogen-bond donors (Lipinski definition) is 0. The van der Waals surface area contributed by atoms with Gasteiger partial charge in [0, 0.05) is 5.92 Å². The molecule has 1 aromatic heterocycles. The Hall–Kier alpha value is -0.640. The minimum Gasteiger partial charge on any atom is -0.488 e. The first-order valence-corrected chi connectivity index (χ1v) is 5.20. The first-order valence-electron chi connectivity index (χ1n) is 4.05. The minimum atomic E-state index is 0.713.